The molecule has 208 valence electrons. The third-order valence-corrected chi connectivity index (χ3v) is 8.63. The van der Waals surface area contributed by atoms with Crippen molar-refractivity contribution in [2.75, 3.05) is 17.1 Å². The summed E-state index contributed by atoms with van der Waals surface area (Å²) in [5.74, 6) is -0.886. The van der Waals surface area contributed by atoms with E-state index in [4.69, 9.17) is 11.6 Å². The fraction of sp³-hybridized carbons (Fsp3) is 0.500. The van der Waals surface area contributed by atoms with Crippen LogP contribution in [0.1, 0.15) is 63.0 Å². The number of nitrogens with zero attached hydrogens (tertiary/aromatic N) is 2. The lowest BCUT2D eigenvalue weighted by molar-refractivity contribution is -0.141. The van der Waals surface area contributed by atoms with E-state index in [2.05, 4.69) is 5.32 Å². The van der Waals surface area contributed by atoms with Gasteiger partial charge in [-0.2, -0.15) is 0 Å². The van der Waals surface area contributed by atoms with Crippen LogP contribution >= 0.6 is 11.6 Å². The van der Waals surface area contributed by atoms with Crippen LogP contribution < -0.4 is 9.62 Å². The molecule has 2 aromatic rings. The quantitative estimate of drug-likeness (QED) is 0.406. The van der Waals surface area contributed by atoms with E-state index in [0.29, 0.717) is 21.8 Å². The number of benzene rings is 2. The van der Waals surface area contributed by atoms with E-state index in [0.717, 1.165) is 38.4 Å². The average molecular weight is 566 g/mol. The first-order valence-corrected chi connectivity index (χ1v) is 15.3. The molecule has 3 rings (SSSR count). The number of sulfonamides is 1. The Morgan fingerprint density at radius 2 is 1.76 bits per heavy atom. The van der Waals surface area contributed by atoms with Crippen LogP contribution in [-0.2, 0) is 26.2 Å². The first-order valence-electron chi connectivity index (χ1n) is 13.0. The van der Waals surface area contributed by atoms with Crippen molar-refractivity contribution in [3.8, 4) is 0 Å². The third-order valence-electron chi connectivity index (χ3n) is 7.04. The maximum atomic E-state index is 13.5. The van der Waals surface area contributed by atoms with Crippen LogP contribution in [0.25, 0.3) is 0 Å². The summed E-state index contributed by atoms with van der Waals surface area (Å²) < 4.78 is 39.8. The number of hydrogen-bond donors (Lipinski definition) is 1. The largest absolute Gasteiger partial charge is 0.352 e. The van der Waals surface area contributed by atoms with Gasteiger partial charge in [-0.1, -0.05) is 49.1 Å². The van der Waals surface area contributed by atoms with E-state index < -0.39 is 16.1 Å². The molecule has 0 aliphatic heterocycles. The molecule has 1 fully saturated rings. The number of halogens is 2. The highest BCUT2D eigenvalue weighted by molar-refractivity contribution is 7.92. The summed E-state index contributed by atoms with van der Waals surface area (Å²) >= 11 is 6.21. The van der Waals surface area contributed by atoms with Crippen molar-refractivity contribution in [3.05, 3.63) is 64.4 Å². The molecule has 0 spiro atoms. The molecule has 7 nitrogen and oxygen atoms in total. The summed E-state index contributed by atoms with van der Waals surface area (Å²) in [7, 11) is -3.62. The molecule has 0 bridgehead atoms. The Morgan fingerprint density at radius 1 is 1.11 bits per heavy atom. The van der Waals surface area contributed by atoms with Gasteiger partial charge in [0.1, 0.15) is 11.9 Å². The highest BCUT2D eigenvalue weighted by Crippen LogP contribution is 2.28. The number of hydrogen-bond acceptors (Lipinski definition) is 4. The van der Waals surface area contributed by atoms with E-state index in [1.165, 1.54) is 21.3 Å². The van der Waals surface area contributed by atoms with E-state index in [1.807, 2.05) is 0 Å². The Morgan fingerprint density at radius 3 is 2.39 bits per heavy atom. The maximum absolute atomic E-state index is 13.5. The zero-order valence-corrected chi connectivity index (χ0v) is 23.8. The van der Waals surface area contributed by atoms with Gasteiger partial charge in [0.05, 0.1) is 11.9 Å². The highest BCUT2D eigenvalue weighted by atomic mass is 35.5. The van der Waals surface area contributed by atoms with E-state index in [-0.39, 0.29) is 49.6 Å². The lowest BCUT2D eigenvalue weighted by Crippen LogP contribution is -2.50. The zero-order valence-electron chi connectivity index (χ0n) is 22.3. The number of rotatable bonds is 11. The molecular formula is C28H37ClFN3O4S. The maximum Gasteiger partial charge on any atom is 0.242 e. The Kier molecular flexibility index (Phi) is 10.6. The molecule has 1 atom stereocenters. The van der Waals surface area contributed by atoms with Gasteiger partial charge in [0.25, 0.3) is 0 Å². The number of anilines is 1. The molecule has 1 N–H and O–H groups in total. The molecular weight excluding hydrogens is 529 g/mol. The minimum atomic E-state index is -3.62. The standard InChI is InChI=1S/C28H37ClFN3O4S/c1-20-25(29)11-7-12-26(20)33(38(3,36)37)18-8-13-27(34)32(19-22-14-16-23(30)17-15-22)21(2)28(35)31-24-9-5-4-6-10-24/h7,11-12,14-17,21,24H,4-6,8-10,13,18-19H2,1-3H3,(H,31,35)/t21-/m1/s1. The van der Waals surface area contributed by atoms with Gasteiger partial charge in [-0.3, -0.25) is 13.9 Å². The Hall–Kier alpha value is -2.65. The van der Waals surface area contributed by atoms with Crippen LogP contribution in [0.2, 0.25) is 5.02 Å². The summed E-state index contributed by atoms with van der Waals surface area (Å²) in [6.45, 7) is 3.66. The third kappa shape index (κ3) is 8.17. The molecule has 38 heavy (non-hydrogen) atoms. The summed E-state index contributed by atoms with van der Waals surface area (Å²) in [6.07, 6.45) is 6.55. The minimum absolute atomic E-state index is 0.0356. The van der Waals surface area contributed by atoms with Gasteiger partial charge in [-0.15, -0.1) is 0 Å². The molecule has 2 amide bonds. The van der Waals surface area contributed by atoms with Crippen molar-refractivity contribution in [1.82, 2.24) is 10.2 Å². The summed E-state index contributed by atoms with van der Waals surface area (Å²) in [4.78, 5) is 28.0. The SMILES string of the molecule is Cc1c(Cl)cccc1N(CCCC(=O)N(Cc1ccc(F)cc1)[C@H](C)C(=O)NC1CCCCC1)S(C)(=O)=O. The number of carbonyl (C=O) groups is 2. The summed E-state index contributed by atoms with van der Waals surface area (Å²) in [5, 5.41) is 3.54. The second-order valence-corrected chi connectivity index (χ2v) is 12.3. The van der Waals surface area contributed by atoms with Crippen molar-refractivity contribution in [1.29, 1.82) is 0 Å². The predicted molar refractivity (Wildman–Crippen MR) is 149 cm³/mol. The first kappa shape index (κ1) is 29.9. The Labute approximate surface area is 230 Å². The van der Waals surface area contributed by atoms with Gasteiger partial charge in [-0.05, 0) is 68.5 Å². The smallest absolute Gasteiger partial charge is 0.242 e. The molecule has 0 heterocycles. The molecule has 10 heteroatoms. The van der Waals surface area contributed by atoms with Gasteiger partial charge in [-0.25, -0.2) is 12.8 Å². The normalized spacial score (nSPS) is 15.1. The van der Waals surface area contributed by atoms with E-state index in [1.54, 1.807) is 44.2 Å². The average Bonchev–Trinajstić information content (AvgIpc) is 2.87. The second kappa shape index (κ2) is 13.4. The fourth-order valence-corrected chi connectivity index (χ4v) is 5.97. The first-order chi connectivity index (χ1) is 18.0. The van der Waals surface area contributed by atoms with Crippen LogP contribution in [0.15, 0.2) is 42.5 Å². The lowest BCUT2D eigenvalue weighted by Gasteiger charge is -2.31. The predicted octanol–water partition coefficient (Wildman–Crippen LogP) is 5.20. The number of carbonyl (C=O) groups excluding carboxylic acids is 2. The Bertz CT molecular complexity index is 1220. The van der Waals surface area contributed by atoms with Gasteiger partial charge in [0.15, 0.2) is 0 Å². The van der Waals surface area contributed by atoms with E-state index >= 15 is 0 Å². The monoisotopic (exact) mass is 565 g/mol. The minimum Gasteiger partial charge on any atom is -0.352 e. The van der Waals surface area contributed by atoms with E-state index in [9.17, 15) is 22.4 Å². The van der Waals surface area contributed by atoms with Crippen molar-refractivity contribution >= 4 is 39.1 Å². The molecule has 0 radical (unpaired) electrons. The van der Waals surface area contributed by atoms with Gasteiger partial charge >= 0.3 is 0 Å². The lowest BCUT2D eigenvalue weighted by atomic mass is 9.95. The molecule has 0 saturated heterocycles. The highest BCUT2D eigenvalue weighted by Gasteiger charge is 2.28. The number of amides is 2. The van der Waals surface area contributed by atoms with Crippen LogP contribution in [0.3, 0.4) is 0 Å². The van der Waals surface area contributed by atoms with Crippen molar-refractivity contribution in [2.24, 2.45) is 0 Å². The molecule has 0 unspecified atom stereocenters. The molecule has 2 aromatic carbocycles. The van der Waals surface area contributed by atoms with Gasteiger partial charge < -0.3 is 10.2 Å². The van der Waals surface area contributed by atoms with Gasteiger partial charge in [0, 0.05) is 30.6 Å². The van der Waals surface area contributed by atoms with Crippen LogP contribution in [0, 0.1) is 12.7 Å². The number of nitrogens with one attached hydrogen (secondary N) is 1. The summed E-state index contributed by atoms with van der Waals surface area (Å²) in [5.41, 5.74) is 1.80. The zero-order chi connectivity index (χ0) is 27.9. The second-order valence-electron chi connectivity index (χ2n) is 9.99. The molecule has 0 aromatic heterocycles. The fourth-order valence-electron chi connectivity index (χ4n) is 4.79. The van der Waals surface area contributed by atoms with Crippen LogP contribution in [0.5, 0.6) is 0 Å². The van der Waals surface area contributed by atoms with Gasteiger partial charge in [0.2, 0.25) is 21.8 Å². The Balaban J connectivity index is 1.73. The summed E-state index contributed by atoms with van der Waals surface area (Å²) in [6, 6.07) is 10.2. The molecule has 1 aliphatic rings. The van der Waals surface area contributed by atoms with Crippen LogP contribution in [-0.4, -0.2) is 50.0 Å². The van der Waals surface area contributed by atoms with Crippen LogP contribution in [0.4, 0.5) is 10.1 Å². The van der Waals surface area contributed by atoms with Crippen molar-refractivity contribution in [3.63, 3.8) is 0 Å². The van der Waals surface area contributed by atoms with Crippen molar-refractivity contribution < 1.29 is 22.4 Å². The molecule has 1 aliphatic carbocycles. The topological polar surface area (TPSA) is 86.8 Å². The molecule has 1 saturated carbocycles. The van der Waals surface area contributed by atoms with Crippen molar-refractivity contribution in [2.45, 2.75) is 77.4 Å².